The number of hydrogen-bond acceptors (Lipinski definition) is 9. The van der Waals surface area contributed by atoms with Gasteiger partial charge in [-0.2, -0.15) is 5.10 Å². The molecule has 0 atom stereocenters. The van der Waals surface area contributed by atoms with Gasteiger partial charge in [0.05, 0.1) is 11.7 Å². The summed E-state index contributed by atoms with van der Waals surface area (Å²) in [5, 5.41) is 16.4. The molecule has 0 fully saturated rings. The molecule has 0 saturated carbocycles. The van der Waals surface area contributed by atoms with Crippen molar-refractivity contribution in [2.24, 2.45) is 14.1 Å². The van der Waals surface area contributed by atoms with Crippen LogP contribution in [0.5, 0.6) is 0 Å². The summed E-state index contributed by atoms with van der Waals surface area (Å²) >= 11 is 2.69. The van der Waals surface area contributed by atoms with Crippen molar-refractivity contribution in [3.8, 4) is 10.6 Å². The van der Waals surface area contributed by atoms with Crippen molar-refractivity contribution in [3.63, 3.8) is 0 Å². The zero-order valence-corrected chi connectivity index (χ0v) is 16.9. The highest BCUT2D eigenvalue weighted by Crippen LogP contribution is 2.24. The number of esters is 1. The Labute approximate surface area is 170 Å². The first-order chi connectivity index (χ1) is 14.0. The van der Waals surface area contributed by atoms with Gasteiger partial charge in [-0.1, -0.05) is 0 Å². The Kier molecular flexibility index (Phi) is 4.03. The third-order valence-corrected chi connectivity index (χ3v) is 6.18. The smallest absolute Gasteiger partial charge is 0.358 e. The lowest BCUT2D eigenvalue weighted by atomic mass is 10.4. The molecule has 0 bridgehead atoms. The standard InChI is InChI=1S/C17H13N7O3S2/c1-22-6-9(5-18-22)14-19-10(8-29-14)16(26)27-7-12-20-21-17-23(2)15(25)13-11(24(12)17)3-4-28-13/h3-6,8H,7H2,1-2H3. The van der Waals surface area contributed by atoms with Gasteiger partial charge in [0.15, 0.2) is 18.1 Å². The summed E-state index contributed by atoms with van der Waals surface area (Å²) in [6.45, 7) is -0.0943. The molecule has 0 aliphatic carbocycles. The number of fused-ring (bicyclic) bond motifs is 3. The molecule has 0 aliphatic heterocycles. The molecule has 29 heavy (non-hydrogen) atoms. The number of aryl methyl sites for hydroxylation is 2. The lowest BCUT2D eigenvalue weighted by Gasteiger charge is -2.05. The molecule has 0 radical (unpaired) electrons. The zero-order chi connectivity index (χ0) is 20.1. The zero-order valence-electron chi connectivity index (χ0n) is 15.3. The highest BCUT2D eigenvalue weighted by atomic mass is 32.1. The summed E-state index contributed by atoms with van der Waals surface area (Å²) in [7, 11) is 3.45. The molecule has 0 aliphatic rings. The van der Waals surface area contributed by atoms with E-state index in [9.17, 15) is 9.59 Å². The van der Waals surface area contributed by atoms with Crippen LogP contribution in [0, 0.1) is 0 Å². The minimum atomic E-state index is -0.556. The van der Waals surface area contributed by atoms with E-state index in [-0.39, 0.29) is 17.9 Å². The minimum absolute atomic E-state index is 0.0943. The van der Waals surface area contributed by atoms with Crippen LogP contribution in [-0.4, -0.2) is 39.9 Å². The van der Waals surface area contributed by atoms with Crippen LogP contribution in [0.2, 0.25) is 0 Å². The Morgan fingerprint density at radius 2 is 2.10 bits per heavy atom. The van der Waals surface area contributed by atoms with Crippen molar-refractivity contribution in [2.75, 3.05) is 0 Å². The van der Waals surface area contributed by atoms with Gasteiger partial charge >= 0.3 is 5.97 Å². The van der Waals surface area contributed by atoms with Crippen molar-refractivity contribution < 1.29 is 9.53 Å². The predicted molar refractivity (Wildman–Crippen MR) is 107 cm³/mol. The van der Waals surface area contributed by atoms with Crippen LogP contribution in [0.15, 0.2) is 34.0 Å². The molecule has 5 rings (SSSR count). The second kappa shape index (κ2) is 6.60. The monoisotopic (exact) mass is 427 g/mol. The van der Waals surface area contributed by atoms with Crippen LogP contribution < -0.4 is 5.56 Å². The number of ether oxygens (including phenoxy) is 1. The molecule has 5 aromatic heterocycles. The molecule has 5 heterocycles. The summed E-state index contributed by atoms with van der Waals surface area (Å²) in [5.41, 5.74) is 1.61. The Morgan fingerprint density at radius 3 is 2.90 bits per heavy atom. The van der Waals surface area contributed by atoms with Gasteiger partial charge in [0, 0.05) is 31.2 Å². The van der Waals surface area contributed by atoms with E-state index in [2.05, 4.69) is 20.3 Å². The molecule has 0 saturated heterocycles. The average molecular weight is 427 g/mol. The quantitative estimate of drug-likeness (QED) is 0.403. The fourth-order valence-electron chi connectivity index (χ4n) is 2.98. The SMILES string of the molecule is Cn1cc(-c2nc(C(=O)OCc3nnc4n(C)c(=O)c5sccc5n34)cs2)cn1. The van der Waals surface area contributed by atoms with Crippen molar-refractivity contribution in [1.82, 2.24) is 33.9 Å². The number of hydrogen-bond donors (Lipinski definition) is 0. The van der Waals surface area contributed by atoms with Crippen LogP contribution in [0.1, 0.15) is 16.3 Å². The fraction of sp³-hybridized carbons (Fsp3) is 0.176. The van der Waals surface area contributed by atoms with Gasteiger partial charge in [-0.3, -0.25) is 18.4 Å². The summed E-state index contributed by atoms with van der Waals surface area (Å²) in [5.74, 6) is 0.258. The van der Waals surface area contributed by atoms with Gasteiger partial charge in [0.1, 0.15) is 9.71 Å². The number of aromatic nitrogens is 7. The maximum atomic E-state index is 12.5. The largest absolute Gasteiger partial charge is 0.453 e. The Hall–Kier alpha value is -3.38. The molecular weight excluding hydrogens is 414 g/mol. The van der Waals surface area contributed by atoms with Gasteiger partial charge in [0.25, 0.3) is 5.56 Å². The van der Waals surface area contributed by atoms with Crippen molar-refractivity contribution in [3.05, 3.63) is 51.1 Å². The lowest BCUT2D eigenvalue weighted by Crippen LogP contribution is -2.19. The molecule has 0 N–H and O–H groups in total. The molecule has 5 aromatic rings. The van der Waals surface area contributed by atoms with Gasteiger partial charge in [-0.05, 0) is 11.4 Å². The number of nitrogens with zero attached hydrogens (tertiary/aromatic N) is 7. The summed E-state index contributed by atoms with van der Waals surface area (Å²) in [6.07, 6.45) is 3.51. The normalized spacial score (nSPS) is 11.5. The Morgan fingerprint density at radius 1 is 1.24 bits per heavy atom. The third kappa shape index (κ3) is 2.84. The second-order valence-corrected chi connectivity index (χ2v) is 8.04. The van der Waals surface area contributed by atoms with Crippen LogP contribution in [0.25, 0.3) is 26.6 Å². The van der Waals surface area contributed by atoms with Crippen molar-refractivity contribution in [1.29, 1.82) is 0 Å². The lowest BCUT2D eigenvalue weighted by molar-refractivity contribution is 0.0455. The maximum absolute atomic E-state index is 12.5. The number of rotatable bonds is 4. The van der Waals surface area contributed by atoms with E-state index in [1.165, 1.54) is 27.2 Å². The third-order valence-electron chi connectivity index (χ3n) is 4.39. The first kappa shape index (κ1) is 17.7. The molecule has 12 heteroatoms. The number of thiazole rings is 1. The molecule has 10 nitrogen and oxygen atoms in total. The van der Waals surface area contributed by atoms with Gasteiger partial charge in [0.2, 0.25) is 5.78 Å². The van der Waals surface area contributed by atoms with Crippen LogP contribution >= 0.6 is 22.7 Å². The second-order valence-electron chi connectivity index (χ2n) is 6.27. The minimum Gasteiger partial charge on any atom is -0.453 e. The fourth-order valence-corrected chi connectivity index (χ4v) is 4.60. The van der Waals surface area contributed by atoms with Crippen molar-refractivity contribution in [2.45, 2.75) is 6.61 Å². The van der Waals surface area contributed by atoms with Crippen LogP contribution in [0.3, 0.4) is 0 Å². The Bertz CT molecular complexity index is 1440. The van der Waals surface area contributed by atoms with E-state index in [4.69, 9.17) is 4.74 Å². The predicted octanol–water partition coefficient (Wildman–Crippen LogP) is 1.86. The molecule has 0 spiro atoms. The van der Waals surface area contributed by atoms with E-state index < -0.39 is 5.97 Å². The molecule has 0 unspecified atom stereocenters. The molecule has 0 aromatic carbocycles. The van der Waals surface area contributed by atoms with Gasteiger partial charge < -0.3 is 4.74 Å². The van der Waals surface area contributed by atoms with Crippen LogP contribution in [0.4, 0.5) is 0 Å². The highest BCUT2D eigenvalue weighted by molar-refractivity contribution is 7.17. The number of carbonyl (C=O) groups excluding carboxylic acids is 1. The highest BCUT2D eigenvalue weighted by Gasteiger charge is 2.19. The van der Waals surface area contributed by atoms with E-state index in [1.54, 1.807) is 27.7 Å². The van der Waals surface area contributed by atoms with Gasteiger partial charge in [-0.25, -0.2) is 9.78 Å². The van der Waals surface area contributed by atoms with E-state index in [0.29, 0.717) is 26.8 Å². The van der Waals surface area contributed by atoms with Crippen molar-refractivity contribution >= 4 is 44.6 Å². The first-order valence-corrected chi connectivity index (χ1v) is 10.2. The van der Waals surface area contributed by atoms with E-state index >= 15 is 0 Å². The van der Waals surface area contributed by atoms with Crippen LogP contribution in [-0.2, 0) is 25.4 Å². The maximum Gasteiger partial charge on any atom is 0.358 e. The average Bonchev–Trinajstić information content (AvgIpc) is 3.49. The number of thiophene rings is 1. The topological polar surface area (TPSA) is 109 Å². The van der Waals surface area contributed by atoms with E-state index in [0.717, 1.165) is 5.56 Å². The van der Waals surface area contributed by atoms with E-state index in [1.807, 2.05) is 24.7 Å². The molecule has 146 valence electrons. The summed E-state index contributed by atoms with van der Waals surface area (Å²) < 4.78 is 10.8. The Balaban J connectivity index is 1.42. The molecular formula is C17H13N7O3S2. The summed E-state index contributed by atoms with van der Waals surface area (Å²) in [4.78, 5) is 29.2. The first-order valence-electron chi connectivity index (χ1n) is 8.45. The summed E-state index contributed by atoms with van der Waals surface area (Å²) in [6, 6.07) is 1.82. The molecule has 0 amide bonds. The number of carbonyl (C=O) groups is 1. The van der Waals surface area contributed by atoms with Gasteiger partial charge in [-0.15, -0.1) is 32.9 Å².